The summed E-state index contributed by atoms with van der Waals surface area (Å²) in [5.41, 5.74) is 2.70. The molecule has 0 saturated carbocycles. The van der Waals surface area contributed by atoms with Crippen molar-refractivity contribution in [2.24, 2.45) is 0 Å². The van der Waals surface area contributed by atoms with Crippen LogP contribution in [-0.2, 0) is 0 Å². The highest BCUT2D eigenvalue weighted by Gasteiger charge is 2.07. The van der Waals surface area contributed by atoms with Gasteiger partial charge in [0.2, 0.25) is 0 Å². The summed E-state index contributed by atoms with van der Waals surface area (Å²) in [6.07, 6.45) is 0. The SMILES string of the molecule is CC(Nc1ccccc1Cl)c1ccc(C#N)cc1. The van der Waals surface area contributed by atoms with Crippen LogP contribution >= 0.6 is 11.6 Å². The van der Waals surface area contributed by atoms with E-state index in [4.69, 9.17) is 16.9 Å². The second-order valence-electron chi connectivity index (χ2n) is 4.08. The molecular weight excluding hydrogens is 244 g/mol. The Morgan fingerprint density at radius 1 is 1.11 bits per heavy atom. The van der Waals surface area contributed by atoms with Gasteiger partial charge in [-0.25, -0.2) is 0 Å². The van der Waals surface area contributed by atoms with E-state index in [1.54, 1.807) is 0 Å². The Hall–Kier alpha value is -1.98. The van der Waals surface area contributed by atoms with Crippen molar-refractivity contribution in [2.75, 3.05) is 5.32 Å². The van der Waals surface area contributed by atoms with Gasteiger partial charge in [-0.3, -0.25) is 0 Å². The number of nitrogens with one attached hydrogen (secondary N) is 1. The third kappa shape index (κ3) is 2.82. The van der Waals surface area contributed by atoms with Crippen LogP contribution in [0.3, 0.4) is 0 Å². The summed E-state index contributed by atoms with van der Waals surface area (Å²) in [5, 5.41) is 12.8. The van der Waals surface area contributed by atoms with Crippen molar-refractivity contribution in [3.8, 4) is 6.07 Å². The minimum absolute atomic E-state index is 0.137. The Morgan fingerprint density at radius 2 is 1.78 bits per heavy atom. The second kappa shape index (κ2) is 5.57. The van der Waals surface area contributed by atoms with Gasteiger partial charge in [0, 0.05) is 6.04 Å². The summed E-state index contributed by atoms with van der Waals surface area (Å²) in [7, 11) is 0. The van der Waals surface area contributed by atoms with E-state index in [0.717, 1.165) is 11.3 Å². The molecule has 0 spiro atoms. The molecule has 2 aromatic carbocycles. The lowest BCUT2D eigenvalue weighted by Crippen LogP contribution is -2.06. The number of rotatable bonds is 3. The van der Waals surface area contributed by atoms with E-state index in [0.29, 0.717) is 10.6 Å². The third-order valence-corrected chi connectivity index (χ3v) is 3.12. The Kier molecular flexibility index (Phi) is 3.86. The average Bonchev–Trinajstić information content (AvgIpc) is 2.41. The van der Waals surface area contributed by atoms with Crippen LogP contribution in [0.15, 0.2) is 48.5 Å². The minimum atomic E-state index is 0.137. The molecule has 2 nitrogen and oxygen atoms in total. The molecule has 0 radical (unpaired) electrons. The zero-order valence-electron chi connectivity index (χ0n) is 10.0. The Balaban J connectivity index is 2.15. The summed E-state index contributed by atoms with van der Waals surface area (Å²) in [6, 6.07) is 17.4. The molecule has 0 aliphatic rings. The molecule has 0 aromatic heterocycles. The molecule has 0 aliphatic heterocycles. The highest BCUT2D eigenvalue weighted by molar-refractivity contribution is 6.33. The molecule has 2 aromatic rings. The molecule has 1 atom stereocenters. The molecule has 0 bridgehead atoms. The Labute approximate surface area is 112 Å². The molecule has 0 fully saturated rings. The molecular formula is C15H13ClN2. The van der Waals surface area contributed by atoms with E-state index < -0.39 is 0 Å². The van der Waals surface area contributed by atoms with Crippen molar-refractivity contribution in [2.45, 2.75) is 13.0 Å². The van der Waals surface area contributed by atoms with E-state index in [-0.39, 0.29) is 6.04 Å². The molecule has 3 heteroatoms. The van der Waals surface area contributed by atoms with Crippen LogP contribution < -0.4 is 5.32 Å². The summed E-state index contributed by atoms with van der Waals surface area (Å²) in [4.78, 5) is 0. The molecule has 1 N–H and O–H groups in total. The minimum Gasteiger partial charge on any atom is -0.377 e. The van der Waals surface area contributed by atoms with Crippen LogP contribution in [0.1, 0.15) is 24.1 Å². The predicted octanol–water partition coefficient (Wildman–Crippen LogP) is 4.38. The molecule has 0 amide bonds. The monoisotopic (exact) mass is 256 g/mol. The molecule has 18 heavy (non-hydrogen) atoms. The standard InChI is InChI=1S/C15H13ClN2/c1-11(13-8-6-12(10-17)7-9-13)18-15-5-3-2-4-14(15)16/h2-9,11,18H,1H3. The Bertz CT molecular complexity index is 570. The number of halogens is 1. The fraction of sp³-hybridized carbons (Fsp3) is 0.133. The third-order valence-electron chi connectivity index (χ3n) is 2.79. The van der Waals surface area contributed by atoms with E-state index in [9.17, 15) is 0 Å². The first-order chi connectivity index (χ1) is 8.70. The van der Waals surface area contributed by atoms with E-state index >= 15 is 0 Å². The highest BCUT2D eigenvalue weighted by Crippen LogP contribution is 2.25. The molecule has 0 saturated heterocycles. The number of hydrogen-bond acceptors (Lipinski definition) is 2. The molecule has 0 aliphatic carbocycles. The topological polar surface area (TPSA) is 35.8 Å². The maximum atomic E-state index is 8.76. The highest BCUT2D eigenvalue weighted by atomic mass is 35.5. The predicted molar refractivity (Wildman–Crippen MR) is 74.6 cm³/mol. The fourth-order valence-electron chi connectivity index (χ4n) is 1.74. The van der Waals surface area contributed by atoms with Gasteiger partial charge in [0.25, 0.3) is 0 Å². The van der Waals surface area contributed by atoms with Crippen LogP contribution in [-0.4, -0.2) is 0 Å². The first kappa shape index (κ1) is 12.5. The molecule has 0 heterocycles. The summed E-state index contributed by atoms with van der Waals surface area (Å²) in [6.45, 7) is 2.06. The lowest BCUT2D eigenvalue weighted by atomic mass is 10.1. The van der Waals surface area contributed by atoms with Crippen molar-refractivity contribution in [1.29, 1.82) is 5.26 Å². The maximum absolute atomic E-state index is 8.76. The molecule has 2 rings (SSSR count). The van der Waals surface area contributed by atoms with Gasteiger partial charge in [-0.05, 0) is 36.8 Å². The number of nitriles is 1. The van der Waals surface area contributed by atoms with Gasteiger partial charge < -0.3 is 5.32 Å². The van der Waals surface area contributed by atoms with Gasteiger partial charge >= 0.3 is 0 Å². The van der Waals surface area contributed by atoms with Crippen molar-refractivity contribution in [1.82, 2.24) is 0 Å². The zero-order chi connectivity index (χ0) is 13.0. The van der Waals surface area contributed by atoms with Crippen molar-refractivity contribution >= 4 is 17.3 Å². The molecule has 1 unspecified atom stereocenters. The number of anilines is 1. The smallest absolute Gasteiger partial charge is 0.0991 e. The zero-order valence-corrected chi connectivity index (χ0v) is 10.8. The summed E-state index contributed by atoms with van der Waals surface area (Å²) < 4.78 is 0. The fourth-order valence-corrected chi connectivity index (χ4v) is 1.93. The van der Waals surface area contributed by atoms with Crippen LogP contribution in [0, 0.1) is 11.3 Å². The van der Waals surface area contributed by atoms with Gasteiger partial charge in [-0.1, -0.05) is 35.9 Å². The van der Waals surface area contributed by atoms with Crippen molar-refractivity contribution < 1.29 is 0 Å². The quantitative estimate of drug-likeness (QED) is 0.884. The van der Waals surface area contributed by atoms with E-state index in [1.807, 2.05) is 48.5 Å². The van der Waals surface area contributed by atoms with E-state index in [1.165, 1.54) is 0 Å². The first-order valence-electron chi connectivity index (χ1n) is 5.72. The lowest BCUT2D eigenvalue weighted by Gasteiger charge is -2.16. The van der Waals surface area contributed by atoms with E-state index in [2.05, 4.69) is 18.3 Å². The van der Waals surface area contributed by atoms with Gasteiger partial charge in [-0.2, -0.15) is 5.26 Å². The number of para-hydroxylation sites is 1. The maximum Gasteiger partial charge on any atom is 0.0991 e. The molecule has 90 valence electrons. The summed E-state index contributed by atoms with van der Waals surface area (Å²) >= 11 is 6.10. The largest absolute Gasteiger partial charge is 0.377 e. The van der Waals surface area contributed by atoms with Gasteiger partial charge in [0.1, 0.15) is 0 Å². The van der Waals surface area contributed by atoms with Crippen LogP contribution in [0.5, 0.6) is 0 Å². The lowest BCUT2D eigenvalue weighted by molar-refractivity contribution is 0.884. The first-order valence-corrected chi connectivity index (χ1v) is 6.09. The summed E-state index contributed by atoms with van der Waals surface area (Å²) in [5.74, 6) is 0. The van der Waals surface area contributed by atoms with Crippen LogP contribution in [0.25, 0.3) is 0 Å². The Morgan fingerprint density at radius 3 is 2.39 bits per heavy atom. The van der Waals surface area contributed by atoms with Crippen molar-refractivity contribution in [3.63, 3.8) is 0 Å². The van der Waals surface area contributed by atoms with Gasteiger partial charge in [0.15, 0.2) is 0 Å². The number of benzene rings is 2. The number of nitrogens with zero attached hydrogens (tertiary/aromatic N) is 1. The average molecular weight is 257 g/mol. The second-order valence-corrected chi connectivity index (χ2v) is 4.49. The van der Waals surface area contributed by atoms with Gasteiger partial charge in [-0.15, -0.1) is 0 Å². The van der Waals surface area contributed by atoms with Crippen LogP contribution in [0.2, 0.25) is 5.02 Å². The van der Waals surface area contributed by atoms with Crippen molar-refractivity contribution in [3.05, 3.63) is 64.7 Å². The normalized spacial score (nSPS) is 11.6. The van der Waals surface area contributed by atoms with Crippen LogP contribution in [0.4, 0.5) is 5.69 Å². The number of hydrogen-bond donors (Lipinski definition) is 1. The van der Waals surface area contributed by atoms with Gasteiger partial charge in [0.05, 0.1) is 22.3 Å².